The molecule has 1 heterocycles. The zero-order valence-electron chi connectivity index (χ0n) is 11.8. The Morgan fingerprint density at radius 2 is 1.95 bits per heavy atom. The normalized spacial score (nSPS) is 14.2. The van der Waals surface area contributed by atoms with Crippen molar-refractivity contribution in [1.29, 1.82) is 0 Å². The number of hydrogen-bond acceptors (Lipinski definition) is 1. The minimum Gasteiger partial charge on any atom is -0.312 e. The third-order valence-electron chi connectivity index (χ3n) is 4.12. The van der Waals surface area contributed by atoms with E-state index >= 15 is 0 Å². The van der Waals surface area contributed by atoms with E-state index in [4.69, 9.17) is 0 Å². The predicted molar refractivity (Wildman–Crippen MR) is 80.6 cm³/mol. The summed E-state index contributed by atoms with van der Waals surface area (Å²) in [5, 5.41) is 3.45. The molecule has 1 N–H and O–H groups in total. The van der Waals surface area contributed by atoms with Gasteiger partial charge in [-0.15, -0.1) is 0 Å². The smallest absolute Gasteiger partial charge is 0.0208 e. The molecular formula is C18H21N. The minimum absolute atomic E-state index is 1.02. The van der Waals surface area contributed by atoms with Crippen LogP contribution in [0.5, 0.6) is 0 Å². The Bertz CT molecular complexity index is 599. The lowest BCUT2D eigenvalue weighted by atomic mass is 9.90. The molecule has 98 valence electrons. The van der Waals surface area contributed by atoms with Gasteiger partial charge in [0.2, 0.25) is 0 Å². The second-order valence-electron chi connectivity index (χ2n) is 5.59. The summed E-state index contributed by atoms with van der Waals surface area (Å²) >= 11 is 0. The molecule has 0 aromatic heterocycles. The standard InChI is InChI=1S/C18H21N/c1-13-6-7-14(2)17(10-13)11-15-4-3-5-16-12-19-9-8-18(15)16/h3-7,10,19H,8-9,11-12H2,1-2H3. The van der Waals surface area contributed by atoms with E-state index in [1.54, 1.807) is 5.56 Å². The van der Waals surface area contributed by atoms with Gasteiger partial charge >= 0.3 is 0 Å². The predicted octanol–water partition coefficient (Wildman–Crippen LogP) is 3.54. The fourth-order valence-corrected chi connectivity index (χ4v) is 2.97. The maximum absolute atomic E-state index is 3.45. The summed E-state index contributed by atoms with van der Waals surface area (Å²) in [6.07, 6.45) is 2.23. The molecule has 0 spiro atoms. The average molecular weight is 251 g/mol. The summed E-state index contributed by atoms with van der Waals surface area (Å²) in [7, 11) is 0. The lowest BCUT2D eigenvalue weighted by Crippen LogP contribution is -2.24. The summed E-state index contributed by atoms with van der Waals surface area (Å²) in [6, 6.07) is 13.5. The first-order valence-corrected chi connectivity index (χ1v) is 7.10. The van der Waals surface area contributed by atoms with Crippen molar-refractivity contribution in [3.8, 4) is 0 Å². The van der Waals surface area contributed by atoms with E-state index in [1.165, 1.54) is 27.8 Å². The van der Waals surface area contributed by atoms with Gasteiger partial charge in [0, 0.05) is 6.54 Å². The summed E-state index contributed by atoms with van der Waals surface area (Å²) < 4.78 is 0. The summed E-state index contributed by atoms with van der Waals surface area (Å²) in [5.74, 6) is 0. The third-order valence-corrected chi connectivity index (χ3v) is 4.12. The molecular weight excluding hydrogens is 230 g/mol. The van der Waals surface area contributed by atoms with Crippen molar-refractivity contribution in [2.75, 3.05) is 6.54 Å². The van der Waals surface area contributed by atoms with Crippen LogP contribution in [-0.4, -0.2) is 6.54 Å². The van der Waals surface area contributed by atoms with Crippen LogP contribution < -0.4 is 5.32 Å². The molecule has 2 aromatic carbocycles. The molecule has 0 atom stereocenters. The molecule has 0 radical (unpaired) electrons. The fraction of sp³-hybridized carbons (Fsp3) is 0.333. The largest absolute Gasteiger partial charge is 0.312 e. The molecule has 0 aliphatic carbocycles. The van der Waals surface area contributed by atoms with Crippen LogP contribution >= 0.6 is 0 Å². The van der Waals surface area contributed by atoms with Crippen molar-refractivity contribution in [2.24, 2.45) is 0 Å². The lowest BCUT2D eigenvalue weighted by molar-refractivity contribution is 0.639. The highest BCUT2D eigenvalue weighted by molar-refractivity contribution is 5.42. The van der Waals surface area contributed by atoms with Crippen LogP contribution in [-0.2, 0) is 19.4 Å². The fourth-order valence-electron chi connectivity index (χ4n) is 2.97. The monoisotopic (exact) mass is 251 g/mol. The van der Waals surface area contributed by atoms with E-state index in [0.717, 1.165) is 25.9 Å². The zero-order valence-corrected chi connectivity index (χ0v) is 11.8. The van der Waals surface area contributed by atoms with Crippen molar-refractivity contribution in [2.45, 2.75) is 33.2 Å². The van der Waals surface area contributed by atoms with Crippen molar-refractivity contribution in [1.82, 2.24) is 5.32 Å². The van der Waals surface area contributed by atoms with Gasteiger partial charge in [-0.1, -0.05) is 42.0 Å². The number of fused-ring (bicyclic) bond motifs is 1. The Morgan fingerprint density at radius 1 is 1.05 bits per heavy atom. The third kappa shape index (κ3) is 2.57. The highest BCUT2D eigenvalue weighted by Crippen LogP contribution is 2.23. The first kappa shape index (κ1) is 12.4. The van der Waals surface area contributed by atoms with Crippen molar-refractivity contribution >= 4 is 0 Å². The molecule has 3 rings (SSSR count). The molecule has 0 fully saturated rings. The average Bonchev–Trinajstić information content (AvgIpc) is 2.43. The van der Waals surface area contributed by atoms with Crippen molar-refractivity contribution in [3.05, 3.63) is 69.8 Å². The quantitative estimate of drug-likeness (QED) is 0.861. The van der Waals surface area contributed by atoms with E-state index in [-0.39, 0.29) is 0 Å². The minimum atomic E-state index is 1.02. The van der Waals surface area contributed by atoms with E-state index in [1.807, 2.05) is 0 Å². The van der Waals surface area contributed by atoms with E-state index in [9.17, 15) is 0 Å². The van der Waals surface area contributed by atoms with Crippen LogP contribution in [0, 0.1) is 13.8 Å². The molecule has 0 saturated heterocycles. The van der Waals surface area contributed by atoms with Gasteiger partial charge in [-0.05, 0) is 61.1 Å². The first-order valence-electron chi connectivity index (χ1n) is 7.10. The number of rotatable bonds is 2. The first-order chi connectivity index (χ1) is 9.24. The topological polar surface area (TPSA) is 12.0 Å². The molecule has 0 bridgehead atoms. The van der Waals surface area contributed by atoms with Gasteiger partial charge in [-0.2, -0.15) is 0 Å². The molecule has 1 aliphatic rings. The van der Waals surface area contributed by atoms with Crippen LogP contribution in [0.25, 0.3) is 0 Å². The maximum Gasteiger partial charge on any atom is 0.0208 e. The molecule has 19 heavy (non-hydrogen) atoms. The lowest BCUT2D eigenvalue weighted by Gasteiger charge is -2.21. The second kappa shape index (κ2) is 5.18. The number of benzene rings is 2. The van der Waals surface area contributed by atoms with E-state index in [2.05, 4.69) is 55.6 Å². The molecule has 1 aliphatic heterocycles. The summed E-state index contributed by atoms with van der Waals surface area (Å²) in [4.78, 5) is 0. The molecule has 0 unspecified atom stereocenters. The Hall–Kier alpha value is -1.60. The Morgan fingerprint density at radius 3 is 2.84 bits per heavy atom. The highest BCUT2D eigenvalue weighted by Gasteiger charge is 2.13. The van der Waals surface area contributed by atoms with Gasteiger partial charge in [0.1, 0.15) is 0 Å². The summed E-state index contributed by atoms with van der Waals surface area (Å²) in [5.41, 5.74) is 8.78. The molecule has 1 nitrogen and oxygen atoms in total. The van der Waals surface area contributed by atoms with Gasteiger partial charge in [0.25, 0.3) is 0 Å². The second-order valence-corrected chi connectivity index (χ2v) is 5.59. The van der Waals surface area contributed by atoms with E-state index in [0.29, 0.717) is 0 Å². The molecule has 1 heteroatoms. The maximum atomic E-state index is 3.45. The Labute approximate surface area is 115 Å². The van der Waals surface area contributed by atoms with Crippen LogP contribution in [0.4, 0.5) is 0 Å². The van der Waals surface area contributed by atoms with Crippen molar-refractivity contribution < 1.29 is 0 Å². The number of hydrogen-bond donors (Lipinski definition) is 1. The van der Waals surface area contributed by atoms with Gasteiger partial charge in [-0.3, -0.25) is 0 Å². The van der Waals surface area contributed by atoms with Crippen LogP contribution in [0.15, 0.2) is 36.4 Å². The van der Waals surface area contributed by atoms with Crippen LogP contribution in [0.2, 0.25) is 0 Å². The van der Waals surface area contributed by atoms with E-state index < -0.39 is 0 Å². The summed E-state index contributed by atoms with van der Waals surface area (Å²) in [6.45, 7) is 6.52. The number of nitrogens with one attached hydrogen (secondary N) is 1. The van der Waals surface area contributed by atoms with Crippen LogP contribution in [0.1, 0.15) is 33.4 Å². The van der Waals surface area contributed by atoms with Crippen molar-refractivity contribution in [3.63, 3.8) is 0 Å². The SMILES string of the molecule is Cc1ccc(C)c(Cc2cccc3c2CCNC3)c1. The van der Waals surface area contributed by atoms with Gasteiger partial charge < -0.3 is 5.32 Å². The highest BCUT2D eigenvalue weighted by atomic mass is 14.9. The Balaban J connectivity index is 1.97. The molecule has 0 amide bonds. The molecule has 2 aromatic rings. The Kier molecular flexibility index (Phi) is 3.39. The van der Waals surface area contributed by atoms with Gasteiger partial charge in [0.15, 0.2) is 0 Å². The van der Waals surface area contributed by atoms with Crippen LogP contribution in [0.3, 0.4) is 0 Å². The zero-order chi connectivity index (χ0) is 13.2. The van der Waals surface area contributed by atoms with Gasteiger partial charge in [-0.25, -0.2) is 0 Å². The number of aryl methyl sites for hydroxylation is 2. The molecule has 0 saturated carbocycles. The van der Waals surface area contributed by atoms with Gasteiger partial charge in [0.05, 0.1) is 0 Å².